The first-order chi connectivity index (χ1) is 10.3. The second kappa shape index (κ2) is 6.12. The predicted molar refractivity (Wildman–Crippen MR) is 83.4 cm³/mol. The topological polar surface area (TPSA) is 82.9 Å². The standard InChI is InChI=1S/C15H20N6/c1-2-5-17-12-3-6-21(7-4-12)9-11-8-18-15-13(11)14(16)19-10-20-15/h1,8,10,12,17H,3-7,9H2,(H3,16,18,19,20). The molecule has 1 fully saturated rings. The number of nitrogens with two attached hydrogens (primary N) is 1. The first-order valence-electron chi connectivity index (χ1n) is 7.23. The lowest BCUT2D eigenvalue weighted by Crippen LogP contribution is -2.42. The van der Waals surface area contributed by atoms with Crippen LogP contribution in [0.3, 0.4) is 0 Å². The SMILES string of the molecule is C#CCNC1CCN(Cc2c[nH]c3ncnc(N)c23)CC1. The number of anilines is 1. The van der Waals surface area contributed by atoms with Gasteiger partial charge in [-0.3, -0.25) is 4.90 Å². The Morgan fingerprint density at radius 2 is 2.24 bits per heavy atom. The average molecular weight is 284 g/mol. The van der Waals surface area contributed by atoms with Gasteiger partial charge in [0.15, 0.2) is 0 Å². The third-order valence-corrected chi connectivity index (χ3v) is 4.06. The highest BCUT2D eigenvalue weighted by molar-refractivity contribution is 5.89. The summed E-state index contributed by atoms with van der Waals surface area (Å²) in [4.78, 5) is 13.9. The van der Waals surface area contributed by atoms with Crippen molar-refractivity contribution in [2.45, 2.75) is 25.4 Å². The number of hydrogen-bond acceptors (Lipinski definition) is 5. The van der Waals surface area contributed by atoms with Gasteiger partial charge in [-0.25, -0.2) is 9.97 Å². The van der Waals surface area contributed by atoms with Crippen LogP contribution >= 0.6 is 0 Å². The van der Waals surface area contributed by atoms with E-state index in [2.05, 4.69) is 31.1 Å². The maximum atomic E-state index is 5.97. The molecule has 110 valence electrons. The van der Waals surface area contributed by atoms with Gasteiger partial charge in [-0.1, -0.05) is 5.92 Å². The maximum absolute atomic E-state index is 5.97. The second-order valence-corrected chi connectivity index (χ2v) is 5.43. The number of fused-ring (bicyclic) bond motifs is 1. The van der Waals surface area contributed by atoms with Crippen molar-refractivity contribution in [2.24, 2.45) is 0 Å². The van der Waals surface area contributed by atoms with Crippen molar-refractivity contribution in [1.82, 2.24) is 25.2 Å². The Bertz CT molecular complexity index is 648. The molecule has 6 heteroatoms. The Balaban J connectivity index is 1.64. The minimum Gasteiger partial charge on any atom is -0.383 e. The lowest BCUT2D eigenvalue weighted by molar-refractivity contribution is 0.193. The Labute approximate surface area is 124 Å². The number of piperidine rings is 1. The first-order valence-corrected chi connectivity index (χ1v) is 7.23. The number of nitrogens with zero attached hydrogens (tertiary/aromatic N) is 3. The van der Waals surface area contributed by atoms with Crippen molar-refractivity contribution >= 4 is 16.9 Å². The number of rotatable bonds is 4. The van der Waals surface area contributed by atoms with Crippen LogP contribution in [-0.2, 0) is 6.54 Å². The van der Waals surface area contributed by atoms with Gasteiger partial charge in [0.2, 0.25) is 0 Å². The van der Waals surface area contributed by atoms with E-state index in [1.165, 1.54) is 6.33 Å². The molecule has 0 amide bonds. The van der Waals surface area contributed by atoms with Gasteiger partial charge in [0.25, 0.3) is 0 Å². The molecular formula is C15H20N6. The molecule has 0 aromatic carbocycles. The first kappa shape index (κ1) is 13.9. The van der Waals surface area contributed by atoms with Crippen LogP contribution in [0, 0.1) is 12.3 Å². The largest absolute Gasteiger partial charge is 0.383 e. The van der Waals surface area contributed by atoms with Gasteiger partial charge in [0, 0.05) is 18.8 Å². The number of likely N-dealkylation sites (tertiary alicyclic amines) is 1. The van der Waals surface area contributed by atoms with Gasteiger partial charge >= 0.3 is 0 Å². The van der Waals surface area contributed by atoms with Gasteiger partial charge in [-0.2, -0.15) is 0 Å². The summed E-state index contributed by atoms with van der Waals surface area (Å²) in [5.41, 5.74) is 7.94. The summed E-state index contributed by atoms with van der Waals surface area (Å²) in [6.45, 7) is 3.64. The Morgan fingerprint density at radius 3 is 3.00 bits per heavy atom. The zero-order valence-electron chi connectivity index (χ0n) is 12.0. The molecule has 1 saturated heterocycles. The van der Waals surface area contributed by atoms with E-state index in [-0.39, 0.29) is 0 Å². The van der Waals surface area contributed by atoms with Crippen LogP contribution in [0.5, 0.6) is 0 Å². The van der Waals surface area contributed by atoms with Crippen LogP contribution in [-0.4, -0.2) is 45.5 Å². The molecule has 21 heavy (non-hydrogen) atoms. The summed E-state index contributed by atoms with van der Waals surface area (Å²) >= 11 is 0. The number of nitrogen functional groups attached to an aromatic ring is 1. The van der Waals surface area contributed by atoms with Crippen molar-refractivity contribution in [1.29, 1.82) is 0 Å². The van der Waals surface area contributed by atoms with Gasteiger partial charge in [0.1, 0.15) is 17.8 Å². The highest BCUT2D eigenvalue weighted by Crippen LogP contribution is 2.23. The number of aromatic nitrogens is 3. The van der Waals surface area contributed by atoms with E-state index < -0.39 is 0 Å². The lowest BCUT2D eigenvalue weighted by Gasteiger charge is -2.32. The fraction of sp³-hybridized carbons (Fsp3) is 0.467. The summed E-state index contributed by atoms with van der Waals surface area (Å²) in [6, 6.07) is 0.536. The minimum atomic E-state index is 0.536. The summed E-state index contributed by atoms with van der Waals surface area (Å²) in [6.07, 6.45) is 11.0. The van der Waals surface area contributed by atoms with Crippen molar-refractivity contribution < 1.29 is 0 Å². The lowest BCUT2D eigenvalue weighted by atomic mass is 10.0. The molecule has 3 rings (SSSR count). The van der Waals surface area contributed by atoms with E-state index in [4.69, 9.17) is 12.2 Å². The van der Waals surface area contributed by atoms with Crippen molar-refractivity contribution in [3.63, 3.8) is 0 Å². The van der Waals surface area contributed by atoms with E-state index >= 15 is 0 Å². The number of aromatic amines is 1. The Kier molecular flexibility index (Phi) is 4.04. The molecule has 0 saturated carbocycles. The van der Waals surface area contributed by atoms with Crippen LogP contribution in [0.2, 0.25) is 0 Å². The zero-order valence-corrected chi connectivity index (χ0v) is 12.0. The van der Waals surface area contributed by atoms with Crippen LogP contribution in [0.15, 0.2) is 12.5 Å². The molecule has 0 unspecified atom stereocenters. The summed E-state index contributed by atoms with van der Waals surface area (Å²) in [5.74, 6) is 3.18. The molecule has 2 aromatic heterocycles. The number of hydrogen-bond donors (Lipinski definition) is 3. The molecule has 4 N–H and O–H groups in total. The minimum absolute atomic E-state index is 0.536. The average Bonchev–Trinajstić information content (AvgIpc) is 2.91. The molecule has 0 aliphatic carbocycles. The van der Waals surface area contributed by atoms with Crippen LogP contribution in [0.1, 0.15) is 18.4 Å². The van der Waals surface area contributed by atoms with Crippen molar-refractivity contribution in [3.8, 4) is 12.3 Å². The predicted octanol–water partition coefficient (Wildman–Crippen LogP) is 0.727. The molecule has 6 nitrogen and oxygen atoms in total. The molecule has 0 spiro atoms. The Morgan fingerprint density at radius 1 is 1.43 bits per heavy atom. The van der Waals surface area contributed by atoms with Crippen molar-refractivity contribution in [2.75, 3.05) is 25.4 Å². The molecule has 0 radical (unpaired) electrons. The van der Waals surface area contributed by atoms with E-state index in [1.807, 2.05) is 6.20 Å². The fourth-order valence-electron chi connectivity index (χ4n) is 2.92. The monoisotopic (exact) mass is 284 g/mol. The molecule has 0 bridgehead atoms. The van der Waals surface area contributed by atoms with Gasteiger partial charge < -0.3 is 16.0 Å². The normalized spacial score (nSPS) is 17.1. The molecular weight excluding hydrogens is 264 g/mol. The third kappa shape index (κ3) is 2.99. The van der Waals surface area contributed by atoms with E-state index in [9.17, 15) is 0 Å². The molecule has 1 aliphatic heterocycles. The summed E-state index contributed by atoms with van der Waals surface area (Å²) < 4.78 is 0. The van der Waals surface area contributed by atoms with Gasteiger partial charge in [-0.15, -0.1) is 6.42 Å². The number of nitrogens with one attached hydrogen (secondary N) is 2. The molecule has 3 heterocycles. The van der Waals surface area contributed by atoms with Crippen molar-refractivity contribution in [3.05, 3.63) is 18.1 Å². The molecule has 0 atom stereocenters. The highest BCUT2D eigenvalue weighted by Gasteiger charge is 2.20. The molecule has 2 aromatic rings. The smallest absolute Gasteiger partial charge is 0.143 e. The number of terminal acetylenes is 1. The van der Waals surface area contributed by atoms with Crippen LogP contribution < -0.4 is 11.1 Å². The summed E-state index contributed by atoms with van der Waals surface area (Å²) in [7, 11) is 0. The van der Waals surface area contributed by atoms with Crippen LogP contribution in [0.25, 0.3) is 11.0 Å². The quantitative estimate of drug-likeness (QED) is 0.721. The summed E-state index contributed by atoms with van der Waals surface area (Å²) in [5, 5.41) is 4.33. The zero-order chi connectivity index (χ0) is 14.7. The number of H-pyrrole nitrogens is 1. The third-order valence-electron chi connectivity index (χ3n) is 4.06. The molecule has 1 aliphatic rings. The van der Waals surface area contributed by atoms with Crippen LogP contribution in [0.4, 0.5) is 5.82 Å². The van der Waals surface area contributed by atoms with Gasteiger partial charge in [-0.05, 0) is 31.5 Å². The second-order valence-electron chi connectivity index (χ2n) is 5.43. The maximum Gasteiger partial charge on any atom is 0.143 e. The van der Waals surface area contributed by atoms with E-state index in [1.54, 1.807) is 0 Å². The highest BCUT2D eigenvalue weighted by atomic mass is 15.1. The van der Waals surface area contributed by atoms with Gasteiger partial charge in [0.05, 0.1) is 11.9 Å². The Hall–Kier alpha value is -2.10. The fourth-order valence-corrected chi connectivity index (χ4v) is 2.92. The van der Waals surface area contributed by atoms with E-state index in [0.717, 1.165) is 49.1 Å². The van der Waals surface area contributed by atoms with E-state index in [0.29, 0.717) is 18.4 Å².